The molecule has 2 aliphatic heterocycles. The number of pyridine rings is 1. The van der Waals surface area contributed by atoms with Gasteiger partial charge in [0.15, 0.2) is 0 Å². The lowest BCUT2D eigenvalue weighted by atomic mass is 10.1. The fraction of sp³-hybridized carbons (Fsp3) is 0.409. The number of hydrogen-bond acceptors (Lipinski definition) is 4. The standard InChI is InChI=1S/C22H20F4N4O2/c23-14-3-1-2-13(6-14)7-18-17-9-27-19(8-20(17)30(28-18)12-22(24,25)26)21(31)29-10-15-4-5-16(11-29)32-15/h1-3,6,8-9,15-16H,4-5,7,10-12H2. The highest BCUT2D eigenvalue weighted by molar-refractivity contribution is 5.96. The van der Waals surface area contributed by atoms with Crippen molar-refractivity contribution in [2.75, 3.05) is 13.1 Å². The van der Waals surface area contributed by atoms with Crippen molar-refractivity contribution in [1.29, 1.82) is 0 Å². The van der Waals surface area contributed by atoms with Gasteiger partial charge in [-0.15, -0.1) is 0 Å². The highest BCUT2D eigenvalue weighted by Gasteiger charge is 2.36. The molecule has 0 saturated carbocycles. The van der Waals surface area contributed by atoms with Gasteiger partial charge in [0.2, 0.25) is 0 Å². The fourth-order valence-electron chi connectivity index (χ4n) is 4.45. The fourth-order valence-corrected chi connectivity index (χ4v) is 4.45. The van der Waals surface area contributed by atoms with Crippen LogP contribution in [0.4, 0.5) is 17.6 Å². The zero-order valence-electron chi connectivity index (χ0n) is 17.0. The molecule has 0 N–H and O–H groups in total. The van der Waals surface area contributed by atoms with Crippen molar-refractivity contribution in [2.45, 2.75) is 44.2 Å². The lowest BCUT2D eigenvalue weighted by Crippen LogP contribution is -2.46. The Bertz CT molecular complexity index is 1160. The van der Waals surface area contributed by atoms with E-state index < -0.39 is 18.5 Å². The van der Waals surface area contributed by atoms with Gasteiger partial charge in [-0.25, -0.2) is 4.39 Å². The first kappa shape index (κ1) is 20.9. The van der Waals surface area contributed by atoms with E-state index in [1.165, 1.54) is 30.5 Å². The molecule has 2 aromatic heterocycles. The number of amides is 1. The number of aromatic nitrogens is 3. The van der Waals surface area contributed by atoms with Crippen molar-refractivity contribution in [2.24, 2.45) is 0 Å². The largest absolute Gasteiger partial charge is 0.408 e. The number of ether oxygens (including phenoxy) is 1. The molecule has 1 amide bonds. The van der Waals surface area contributed by atoms with Gasteiger partial charge in [-0.3, -0.25) is 14.5 Å². The van der Waals surface area contributed by atoms with Gasteiger partial charge >= 0.3 is 6.18 Å². The summed E-state index contributed by atoms with van der Waals surface area (Å²) < 4.78 is 59.7. The van der Waals surface area contributed by atoms with E-state index in [0.29, 0.717) is 29.7 Å². The van der Waals surface area contributed by atoms with Gasteiger partial charge in [-0.2, -0.15) is 18.3 Å². The summed E-state index contributed by atoms with van der Waals surface area (Å²) in [6, 6.07) is 7.18. The molecule has 5 rings (SSSR count). The van der Waals surface area contributed by atoms with Crippen molar-refractivity contribution >= 4 is 16.8 Å². The van der Waals surface area contributed by atoms with Crippen molar-refractivity contribution in [3.63, 3.8) is 0 Å². The number of alkyl halides is 3. The van der Waals surface area contributed by atoms with Gasteiger partial charge in [-0.05, 0) is 36.6 Å². The molecular weight excluding hydrogens is 428 g/mol. The molecule has 6 nitrogen and oxygen atoms in total. The summed E-state index contributed by atoms with van der Waals surface area (Å²) in [5.74, 6) is -0.773. The summed E-state index contributed by atoms with van der Waals surface area (Å²) in [5, 5.41) is 4.54. The third-order valence-electron chi connectivity index (χ3n) is 5.85. The van der Waals surface area contributed by atoms with E-state index >= 15 is 0 Å². The molecule has 4 heterocycles. The first-order valence-corrected chi connectivity index (χ1v) is 10.4. The maximum atomic E-state index is 13.6. The summed E-state index contributed by atoms with van der Waals surface area (Å²) in [7, 11) is 0. The van der Waals surface area contributed by atoms with Crippen LogP contribution >= 0.6 is 0 Å². The van der Waals surface area contributed by atoms with Gasteiger partial charge in [0, 0.05) is 31.1 Å². The van der Waals surface area contributed by atoms with Crippen LogP contribution in [-0.2, 0) is 17.7 Å². The molecular formula is C22H20F4N4O2. The molecule has 2 fully saturated rings. The smallest absolute Gasteiger partial charge is 0.371 e. The molecule has 3 aromatic rings. The second-order valence-electron chi connectivity index (χ2n) is 8.28. The molecule has 1 aromatic carbocycles. The molecule has 2 atom stereocenters. The predicted molar refractivity (Wildman–Crippen MR) is 107 cm³/mol. The zero-order valence-corrected chi connectivity index (χ0v) is 17.0. The van der Waals surface area contributed by atoms with Crippen LogP contribution in [0.2, 0.25) is 0 Å². The Labute approximate surface area is 180 Å². The zero-order chi connectivity index (χ0) is 22.5. The highest BCUT2D eigenvalue weighted by Crippen LogP contribution is 2.29. The maximum Gasteiger partial charge on any atom is 0.408 e. The molecule has 2 bridgehead atoms. The second kappa shape index (κ2) is 7.84. The monoisotopic (exact) mass is 448 g/mol. The van der Waals surface area contributed by atoms with Gasteiger partial charge in [0.25, 0.3) is 5.91 Å². The van der Waals surface area contributed by atoms with Crippen LogP contribution in [0.15, 0.2) is 36.5 Å². The Kier molecular flexibility index (Phi) is 5.11. The van der Waals surface area contributed by atoms with Crippen molar-refractivity contribution in [3.8, 4) is 0 Å². The van der Waals surface area contributed by atoms with Crippen LogP contribution in [0.25, 0.3) is 10.9 Å². The minimum atomic E-state index is -4.49. The summed E-state index contributed by atoms with van der Waals surface area (Å²) in [5.41, 5.74) is 1.15. The number of nitrogens with zero attached hydrogens (tertiary/aromatic N) is 4. The number of likely N-dealkylation sites (tertiary alicyclic amines) is 1. The molecule has 0 spiro atoms. The molecule has 2 aliphatic rings. The van der Waals surface area contributed by atoms with Crippen LogP contribution in [0.5, 0.6) is 0 Å². The first-order valence-electron chi connectivity index (χ1n) is 10.4. The molecule has 2 unspecified atom stereocenters. The minimum Gasteiger partial charge on any atom is -0.371 e. The number of carbonyl (C=O) groups excluding carboxylic acids is 1. The van der Waals surface area contributed by atoms with Crippen LogP contribution in [0.1, 0.15) is 34.6 Å². The van der Waals surface area contributed by atoms with Crippen molar-refractivity contribution in [1.82, 2.24) is 19.7 Å². The number of morpholine rings is 1. The normalized spacial score (nSPS) is 20.8. The number of carbonyl (C=O) groups is 1. The predicted octanol–water partition coefficient (Wildman–Crippen LogP) is 3.73. The van der Waals surface area contributed by atoms with E-state index in [0.717, 1.165) is 17.5 Å². The average Bonchev–Trinajstić information content (AvgIpc) is 3.24. The lowest BCUT2D eigenvalue weighted by Gasteiger charge is -2.31. The third-order valence-corrected chi connectivity index (χ3v) is 5.85. The highest BCUT2D eigenvalue weighted by atomic mass is 19.4. The Hall–Kier alpha value is -3.01. The van der Waals surface area contributed by atoms with E-state index in [-0.39, 0.29) is 35.7 Å². The van der Waals surface area contributed by atoms with Crippen LogP contribution < -0.4 is 0 Å². The first-order chi connectivity index (χ1) is 15.2. The Morgan fingerprint density at radius 3 is 2.59 bits per heavy atom. The number of halogens is 4. The van der Waals surface area contributed by atoms with E-state index in [4.69, 9.17) is 4.74 Å². The molecule has 168 valence electrons. The van der Waals surface area contributed by atoms with E-state index in [1.54, 1.807) is 11.0 Å². The van der Waals surface area contributed by atoms with Crippen molar-refractivity contribution < 1.29 is 27.1 Å². The van der Waals surface area contributed by atoms with E-state index in [1.807, 2.05) is 0 Å². The van der Waals surface area contributed by atoms with Crippen LogP contribution in [0, 0.1) is 5.82 Å². The summed E-state index contributed by atoms with van der Waals surface area (Å²) in [6.07, 6.45) is -1.20. The maximum absolute atomic E-state index is 13.6. The van der Waals surface area contributed by atoms with Gasteiger partial charge in [-0.1, -0.05) is 12.1 Å². The van der Waals surface area contributed by atoms with Gasteiger partial charge < -0.3 is 9.64 Å². The molecule has 32 heavy (non-hydrogen) atoms. The lowest BCUT2D eigenvalue weighted by molar-refractivity contribution is -0.141. The SMILES string of the molecule is O=C(c1cc2c(cn1)c(Cc1cccc(F)c1)nn2CC(F)(F)F)N1CC2CCC(C1)O2. The summed E-state index contributed by atoms with van der Waals surface area (Å²) >= 11 is 0. The van der Waals surface area contributed by atoms with E-state index in [9.17, 15) is 22.4 Å². The van der Waals surface area contributed by atoms with Gasteiger partial charge in [0.05, 0.1) is 23.4 Å². The number of hydrogen-bond donors (Lipinski definition) is 0. The number of benzene rings is 1. The van der Waals surface area contributed by atoms with Crippen LogP contribution in [-0.4, -0.2) is 57.0 Å². The summed E-state index contributed by atoms with van der Waals surface area (Å²) in [6.45, 7) is -0.407. The second-order valence-corrected chi connectivity index (χ2v) is 8.28. The van der Waals surface area contributed by atoms with Crippen LogP contribution in [0.3, 0.4) is 0 Å². The van der Waals surface area contributed by atoms with E-state index in [2.05, 4.69) is 10.1 Å². The van der Waals surface area contributed by atoms with Crippen molar-refractivity contribution in [3.05, 3.63) is 59.3 Å². The third kappa shape index (κ3) is 4.19. The number of fused-ring (bicyclic) bond motifs is 3. The molecule has 2 saturated heterocycles. The number of rotatable bonds is 4. The quantitative estimate of drug-likeness (QED) is 0.571. The Morgan fingerprint density at radius 2 is 1.91 bits per heavy atom. The Balaban J connectivity index is 1.50. The van der Waals surface area contributed by atoms with Gasteiger partial charge in [0.1, 0.15) is 18.1 Å². The minimum absolute atomic E-state index is 0.00458. The molecule has 0 aliphatic carbocycles. The summed E-state index contributed by atoms with van der Waals surface area (Å²) in [4.78, 5) is 18.9. The average molecular weight is 448 g/mol. The Morgan fingerprint density at radius 1 is 1.16 bits per heavy atom. The molecule has 10 heteroatoms. The molecule has 0 radical (unpaired) electrons. The topological polar surface area (TPSA) is 60.2 Å².